The molecule has 5 heteroatoms. The Hall–Kier alpha value is -2.27. The molecule has 4 nitrogen and oxygen atoms in total. The number of nitrogens with zero attached hydrogens (tertiary/aromatic N) is 4. The van der Waals surface area contributed by atoms with Gasteiger partial charge in [-0.2, -0.15) is 0 Å². The van der Waals surface area contributed by atoms with Crippen LogP contribution in [-0.2, 0) is 6.54 Å². The maximum atomic E-state index is 4.33. The molecule has 0 saturated heterocycles. The SMILES string of the molecule is c1ccc(N(Cc2cscn2)c2ncccn2)cc1. The second-order valence-electron chi connectivity index (χ2n) is 3.95. The lowest BCUT2D eigenvalue weighted by atomic mass is 10.3. The molecule has 0 saturated carbocycles. The predicted molar refractivity (Wildman–Crippen MR) is 76.4 cm³/mol. The summed E-state index contributed by atoms with van der Waals surface area (Å²) in [5, 5.41) is 2.04. The summed E-state index contributed by atoms with van der Waals surface area (Å²) in [5.74, 6) is 0.682. The monoisotopic (exact) mass is 268 g/mol. The van der Waals surface area contributed by atoms with Crippen LogP contribution in [0.5, 0.6) is 0 Å². The van der Waals surface area contributed by atoms with Gasteiger partial charge in [0.15, 0.2) is 0 Å². The molecule has 0 N–H and O–H groups in total. The number of aromatic nitrogens is 3. The van der Waals surface area contributed by atoms with Crippen molar-refractivity contribution in [3.05, 3.63) is 65.4 Å². The average Bonchev–Trinajstić information content (AvgIpc) is 3.00. The third kappa shape index (κ3) is 2.77. The minimum Gasteiger partial charge on any atom is -0.305 e. The Balaban J connectivity index is 1.96. The summed E-state index contributed by atoms with van der Waals surface area (Å²) in [7, 11) is 0. The Kier molecular flexibility index (Phi) is 3.47. The molecule has 2 aromatic heterocycles. The van der Waals surface area contributed by atoms with Crippen molar-refractivity contribution in [1.82, 2.24) is 15.0 Å². The van der Waals surface area contributed by atoms with E-state index in [9.17, 15) is 0 Å². The van der Waals surface area contributed by atoms with Gasteiger partial charge in [0, 0.05) is 23.5 Å². The van der Waals surface area contributed by atoms with Gasteiger partial charge in [-0.1, -0.05) is 18.2 Å². The molecule has 19 heavy (non-hydrogen) atoms. The van der Waals surface area contributed by atoms with Crippen molar-refractivity contribution in [2.45, 2.75) is 6.54 Å². The lowest BCUT2D eigenvalue weighted by molar-refractivity contribution is 0.889. The van der Waals surface area contributed by atoms with Crippen molar-refractivity contribution in [2.24, 2.45) is 0 Å². The van der Waals surface area contributed by atoms with Gasteiger partial charge in [-0.3, -0.25) is 0 Å². The van der Waals surface area contributed by atoms with Crippen LogP contribution in [0.4, 0.5) is 11.6 Å². The molecule has 0 atom stereocenters. The van der Waals surface area contributed by atoms with Crippen LogP contribution < -0.4 is 4.90 Å². The number of anilines is 2. The van der Waals surface area contributed by atoms with Gasteiger partial charge in [0.1, 0.15) is 0 Å². The van der Waals surface area contributed by atoms with Crippen molar-refractivity contribution >= 4 is 23.0 Å². The fourth-order valence-electron chi connectivity index (χ4n) is 1.79. The Morgan fingerprint density at radius 3 is 2.42 bits per heavy atom. The largest absolute Gasteiger partial charge is 0.305 e. The van der Waals surface area contributed by atoms with Crippen molar-refractivity contribution in [1.29, 1.82) is 0 Å². The van der Waals surface area contributed by atoms with Crippen LogP contribution in [0, 0.1) is 0 Å². The predicted octanol–water partition coefficient (Wildman–Crippen LogP) is 3.27. The number of hydrogen-bond acceptors (Lipinski definition) is 5. The van der Waals surface area contributed by atoms with Crippen molar-refractivity contribution in [3.63, 3.8) is 0 Å². The quantitative estimate of drug-likeness (QED) is 0.728. The number of hydrogen-bond donors (Lipinski definition) is 0. The average molecular weight is 268 g/mol. The van der Waals surface area contributed by atoms with Crippen LogP contribution in [0.2, 0.25) is 0 Å². The molecule has 0 amide bonds. The molecule has 0 bridgehead atoms. The molecule has 94 valence electrons. The minimum atomic E-state index is 0.664. The Bertz CT molecular complexity index is 571. The topological polar surface area (TPSA) is 41.9 Å². The van der Waals surface area contributed by atoms with E-state index >= 15 is 0 Å². The maximum absolute atomic E-state index is 4.33. The lowest BCUT2D eigenvalue weighted by Crippen LogP contribution is -2.18. The second kappa shape index (κ2) is 5.58. The van der Waals surface area contributed by atoms with E-state index in [1.165, 1.54) is 0 Å². The van der Waals surface area contributed by atoms with Gasteiger partial charge in [0.05, 0.1) is 17.7 Å². The van der Waals surface area contributed by atoms with Gasteiger partial charge in [-0.15, -0.1) is 11.3 Å². The molecule has 0 fully saturated rings. The summed E-state index contributed by atoms with van der Waals surface area (Å²) >= 11 is 1.59. The second-order valence-corrected chi connectivity index (χ2v) is 4.67. The normalized spacial score (nSPS) is 10.3. The first-order valence-electron chi connectivity index (χ1n) is 5.90. The smallest absolute Gasteiger partial charge is 0.230 e. The highest BCUT2D eigenvalue weighted by Gasteiger charge is 2.12. The lowest BCUT2D eigenvalue weighted by Gasteiger charge is -2.21. The van der Waals surface area contributed by atoms with Crippen LogP contribution in [-0.4, -0.2) is 15.0 Å². The minimum absolute atomic E-state index is 0.664. The molecule has 1 aromatic carbocycles. The van der Waals surface area contributed by atoms with E-state index in [0.29, 0.717) is 12.5 Å². The Morgan fingerprint density at radius 2 is 1.74 bits per heavy atom. The fraction of sp³-hybridized carbons (Fsp3) is 0.0714. The van der Waals surface area contributed by atoms with Gasteiger partial charge in [0.2, 0.25) is 5.95 Å². The molecule has 0 aliphatic rings. The van der Waals surface area contributed by atoms with E-state index in [1.807, 2.05) is 47.3 Å². The van der Waals surface area contributed by atoms with Crippen molar-refractivity contribution in [3.8, 4) is 0 Å². The molecule has 0 radical (unpaired) electrons. The van der Waals surface area contributed by atoms with Crippen LogP contribution in [0.1, 0.15) is 5.69 Å². The summed E-state index contributed by atoms with van der Waals surface area (Å²) in [6, 6.07) is 11.9. The van der Waals surface area contributed by atoms with Crippen molar-refractivity contribution in [2.75, 3.05) is 4.90 Å². The number of rotatable bonds is 4. The summed E-state index contributed by atoms with van der Waals surface area (Å²) in [4.78, 5) is 15.0. The summed E-state index contributed by atoms with van der Waals surface area (Å²) in [6.07, 6.45) is 3.50. The van der Waals surface area contributed by atoms with Crippen LogP contribution in [0.3, 0.4) is 0 Å². The van der Waals surface area contributed by atoms with Gasteiger partial charge in [-0.05, 0) is 18.2 Å². The highest BCUT2D eigenvalue weighted by molar-refractivity contribution is 7.07. The Labute approximate surface area is 115 Å². The number of para-hydroxylation sites is 1. The molecule has 0 aliphatic heterocycles. The third-order valence-electron chi connectivity index (χ3n) is 2.67. The number of benzene rings is 1. The van der Waals surface area contributed by atoms with Gasteiger partial charge < -0.3 is 4.90 Å². The van der Waals surface area contributed by atoms with Gasteiger partial charge in [0.25, 0.3) is 0 Å². The van der Waals surface area contributed by atoms with Crippen LogP contribution in [0.15, 0.2) is 59.7 Å². The van der Waals surface area contributed by atoms with Crippen molar-refractivity contribution < 1.29 is 0 Å². The van der Waals surface area contributed by atoms with Crippen LogP contribution in [0.25, 0.3) is 0 Å². The molecular weight excluding hydrogens is 256 g/mol. The molecule has 0 unspecified atom stereocenters. The highest BCUT2D eigenvalue weighted by Crippen LogP contribution is 2.23. The highest BCUT2D eigenvalue weighted by atomic mass is 32.1. The summed E-state index contributed by atoms with van der Waals surface area (Å²) in [5.41, 5.74) is 3.91. The third-order valence-corrected chi connectivity index (χ3v) is 3.30. The molecule has 2 heterocycles. The summed E-state index contributed by atoms with van der Waals surface area (Å²) < 4.78 is 0. The molecule has 0 aliphatic carbocycles. The van der Waals surface area contributed by atoms with E-state index in [4.69, 9.17) is 0 Å². The van der Waals surface area contributed by atoms with E-state index in [-0.39, 0.29) is 0 Å². The zero-order valence-corrected chi connectivity index (χ0v) is 11.0. The van der Waals surface area contributed by atoms with E-state index < -0.39 is 0 Å². The standard InChI is InChI=1S/C14H12N4S/c1-2-5-13(6-3-1)18(9-12-10-19-11-17-12)14-15-7-4-8-16-14/h1-8,10-11H,9H2. The number of thiazole rings is 1. The molecular formula is C14H12N4S. The maximum Gasteiger partial charge on any atom is 0.230 e. The zero-order chi connectivity index (χ0) is 12.9. The zero-order valence-electron chi connectivity index (χ0n) is 10.2. The molecule has 3 aromatic rings. The summed E-state index contributed by atoms with van der Waals surface area (Å²) in [6.45, 7) is 0.664. The van der Waals surface area contributed by atoms with Gasteiger partial charge in [-0.25, -0.2) is 15.0 Å². The molecule has 3 rings (SSSR count). The first-order chi connectivity index (χ1) is 9.43. The molecule has 0 spiro atoms. The Morgan fingerprint density at radius 1 is 0.947 bits per heavy atom. The van der Waals surface area contributed by atoms with E-state index in [1.54, 1.807) is 23.7 Å². The fourth-order valence-corrected chi connectivity index (χ4v) is 2.34. The van der Waals surface area contributed by atoms with E-state index in [0.717, 1.165) is 11.4 Å². The first kappa shape index (κ1) is 11.8. The van der Waals surface area contributed by atoms with Crippen LogP contribution >= 0.6 is 11.3 Å². The van der Waals surface area contributed by atoms with Gasteiger partial charge >= 0.3 is 0 Å². The first-order valence-corrected chi connectivity index (χ1v) is 6.84. The van der Waals surface area contributed by atoms with E-state index in [2.05, 4.69) is 19.9 Å².